The van der Waals surface area contributed by atoms with Crippen molar-refractivity contribution in [1.82, 2.24) is 15.5 Å². The molecule has 4 rings (SSSR count). The predicted octanol–water partition coefficient (Wildman–Crippen LogP) is 4.28. The number of carbonyl (C=O) groups excluding carboxylic acids is 3. The molecular weight excluding hydrogens is 442 g/mol. The van der Waals surface area contributed by atoms with Gasteiger partial charge in [-0.3, -0.25) is 14.5 Å². The molecule has 180 valence electrons. The minimum atomic E-state index is -0.407. The number of unbranched alkanes of at least 4 members (excludes halogenated alkanes) is 1. The summed E-state index contributed by atoms with van der Waals surface area (Å²) in [4.78, 5) is 38.4. The molecule has 1 aliphatic rings. The Morgan fingerprint density at radius 3 is 2.31 bits per heavy atom. The fraction of sp³-hybridized carbons (Fsp3) is 0.250. The first-order valence-electron chi connectivity index (χ1n) is 11.8. The zero-order valence-corrected chi connectivity index (χ0v) is 19.5. The Balaban J connectivity index is 1.10. The SMILES string of the molecule is O=C(NCCCCNCc1ccc(C(=O)N2Cc3ccccc3C2=O)cc1)OCc1ccccc1. The quantitative estimate of drug-likeness (QED) is 0.340. The van der Waals surface area contributed by atoms with Crippen molar-refractivity contribution in [2.75, 3.05) is 13.1 Å². The number of ether oxygens (including phenoxy) is 1. The molecule has 7 nitrogen and oxygen atoms in total. The Morgan fingerprint density at radius 1 is 0.829 bits per heavy atom. The first-order chi connectivity index (χ1) is 17.1. The number of imide groups is 1. The maximum atomic E-state index is 12.8. The van der Waals surface area contributed by atoms with Crippen LogP contribution >= 0.6 is 0 Å². The molecule has 0 bridgehead atoms. The largest absolute Gasteiger partial charge is 0.445 e. The second kappa shape index (κ2) is 11.9. The molecule has 0 saturated heterocycles. The number of nitrogens with one attached hydrogen (secondary N) is 2. The van der Waals surface area contributed by atoms with Gasteiger partial charge >= 0.3 is 6.09 Å². The normalized spacial score (nSPS) is 12.3. The van der Waals surface area contributed by atoms with E-state index in [1.165, 1.54) is 4.90 Å². The van der Waals surface area contributed by atoms with Crippen LogP contribution in [0.1, 0.15) is 50.2 Å². The molecule has 3 aromatic carbocycles. The highest BCUT2D eigenvalue weighted by Gasteiger charge is 2.32. The summed E-state index contributed by atoms with van der Waals surface area (Å²) in [7, 11) is 0. The number of hydrogen-bond donors (Lipinski definition) is 2. The number of rotatable bonds is 10. The highest BCUT2D eigenvalue weighted by atomic mass is 16.5. The molecule has 3 aromatic rings. The van der Waals surface area contributed by atoms with Crippen molar-refractivity contribution in [2.45, 2.75) is 32.5 Å². The van der Waals surface area contributed by atoms with E-state index in [1.807, 2.05) is 60.7 Å². The number of fused-ring (bicyclic) bond motifs is 1. The minimum absolute atomic E-state index is 0.240. The van der Waals surface area contributed by atoms with Crippen molar-refractivity contribution >= 4 is 17.9 Å². The van der Waals surface area contributed by atoms with E-state index in [1.54, 1.807) is 18.2 Å². The number of alkyl carbamates (subject to hydrolysis) is 1. The molecule has 0 unspecified atom stereocenters. The Hall–Kier alpha value is -3.97. The van der Waals surface area contributed by atoms with Crippen LogP contribution in [0.2, 0.25) is 0 Å². The summed E-state index contributed by atoms with van der Waals surface area (Å²) in [5.74, 6) is -0.518. The highest BCUT2D eigenvalue weighted by Crippen LogP contribution is 2.24. The zero-order chi connectivity index (χ0) is 24.5. The van der Waals surface area contributed by atoms with E-state index in [4.69, 9.17) is 4.74 Å². The molecule has 0 radical (unpaired) electrons. The predicted molar refractivity (Wildman–Crippen MR) is 133 cm³/mol. The smallest absolute Gasteiger partial charge is 0.407 e. The van der Waals surface area contributed by atoms with Crippen LogP contribution in [0, 0.1) is 0 Å². The lowest BCUT2D eigenvalue weighted by Gasteiger charge is -2.14. The molecule has 0 saturated carbocycles. The van der Waals surface area contributed by atoms with E-state index in [2.05, 4.69) is 10.6 Å². The molecule has 2 N–H and O–H groups in total. The average molecular weight is 472 g/mol. The van der Waals surface area contributed by atoms with Crippen LogP contribution in [0.25, 0.3) is 0 Å². The van der Waals surface area contributed by atoms with Crippen LogP contribution in [-0.4, -0.2) is 35.9 Å². The van der Waals surface area contributed by atoms with Gasteiger partial charge in [-0.2, -0.15) is 0 Å². The summed E-state index contributed by atoms with van der Waals surface area (Å²) < 4.78 is 5.18. The molecular formula is C28H29N3O4. The lowest BCUT2D eigenvalue weighted by molar-refractivity contribution is 0.0631. The maximum absolute atomic E-state index is 12.8. The van der Waals surface area contributed by atoms with Crippen molar-refractivity contribution in [2.24, 2.45) is 0 Å². The van der Waals surface area contributed by atoms with Crippen LogP contribution < -0.4 is 10.6 Å². The molecule has 0 spiro atoms. The summed E-state index contributed by atoms with van der Waals surface area (Å²) in [5.41, 5.74) is 3.99. The summed E-state index contributed by atoms with van der Waals surface area (Å²) in [6.45, 7) is 2.62. The highest BCUT2D eigenvalue weighted by molar-refractivity contribution is 6.12. The average Bonchev–Trinajstić information content (AvgIpc) is 3.24. The van der Waals surface area contributed by atoms with E-state index in [9.17, 15) is 14.4 Å². The number of amides is 3. The molecule has 7 heteroatoms. The Labute approximate surface area is 205 Å². The standard InChI is InChI=1S/C28H29N3O4/c32-26(31-19-24-10-4-5-11-25(24)27(31)33)23-14-12-21(13-15-23)18-29-16-6-7-17-30-28(34)35-20-22-8-2-1-3-9-22/h1-5,8-15,29H,6-7,16-20H2,(H,30,34). The monoisotopic (exact) mass is 471 g/mol. The van der Waals surface area contributed by atoms with Gasteiger partial charge in [-0.15, -0.1) is 0 Å². The van der Waals surface area contributed by atoms with Gasteiger partial charge in [0, 0.05) is 24.2 Å². The fourth-order valence-corrected chi connectivity index (χ4v) is 3.91. The lowest BCUT2D eigenvalue weighted by Crippen LogP contribution is -2.31. The molecule has 1 heterocycles. The van der Waals surface area contributed by atoms with Gasteiger partial charge in [-0.25, -0.2) is 4.79 Å². The summed E-state index contributed by atoms with van der Waals surface area (Å²) >= 11 is 0. The third-order valence-electron chi connectivity index (χ3n) is 5.86. The van der Waals surface area contributed by atoms with Gasteiger partial charge < -0.3 is 15.4 Å². The van der Waals surface area contributed by atoms with Crippen molar-refractivity contribution in [3.8, 4) is 0 Å². The van der Waals surface area contributed by atoms with E-state index >= 15 is 0 Å². The Bertz CT molecular complexity index is 1160. The van der Waals surface area contributed by atoms with Gasteiger partial charge in [-0.1, -0.05) is 60.7 Å². The Kier molecular flexibility index (Phi) is 8.25. The van der Waals surface area contributed by atoms with Crippen molar-refractivity contribution < 1.29 is 19.1 Å². The van der Waals surface area contributed by atoms with Gasteiger partial charge in [0.1, 0.15) is 6.61 Å². The van der Waals surface area contributed by atoms with Crippen molar-refractivity contribution in [1.29, 1.82) is 0 Å². The molecule has 3 amide bonds. The third kappa shape index (κ3) is 6.55. The second-order valence-corrected chi connectivity index (χ2v) is 8.42. The van der Waals surface area contributed by atoms with Crippen molar-refractivity contribution in [3.63, 3.8) is 0 Å². The number of hydrogen-bond acceptors (Lipinski definition) is 5. The molecule has 1 aliphatic heterocycles. The number of carbonyl (C=O) groups is 3. The Morgan fingerprint density at radius 2 is 1.54 bits per heavy atom. The lowest BCUT2D eigenvalue weighted by atomic mass is 10.1. The molecule has 0 aliphatic carbocycles. The van der Waals surface area contributed by atoms with Crippen LogP contribution in [0.4, 0.5) is 4.79 Å². The number of nitrogens with zero attached hydrogens (tertiary/aromatic N) is 1. The molecule has 0 atom stereocenters. The first kappa shape index (κ1) is 24.2. The van der Waals surface area contributed by atoms with Gasteiger partial charge in [0.2, 0.25) is 0 Å². The van der Waals surface area contributed by atoms with E-state index < -0.39 is 6.09 Å². The van der Waals surface area contributed by atoms with E-state index in [0.29, 0.717) is 30.8 Å². The van der Waals surface area contributed by atoms with Gasteiger partial charge in [0.05, 0.1) is 6.54 Å². The zero-order valence-electron chi connectivity index (χ0n) is 19.5. The van der Waals surface area contributed by atoms with Crippen LogP contribution in [0.15, 0.2) is 78.9 Å². The first-order valence-corrected chi connectivity index (χ1v) is 11.8. The molecule has 0 fully saturated rings. The van der Waals surface area contributed by atoms with E-state index in [0.717, 1.165) is 36.1 Å². The summed E-state index contributed by atoms with van der Waals surface area (Å²) in [5, 5.41) is 6.13. The molecule has 0 aromatic heterocycles. The minimum Gasteiger partial charge on any atom is -0.445 e. The van der Waals surface area contributed by atoms with Crippen LogP contribution in [0.5, 0.6) is 0 Å². The van der Waals surface area contributed by atoms with Crippen LogP contribution in [-0.2, 0) is 24.4 Å². The van der Waals surface area contributed by atoms with Gasteiger partial charge in [0.25, 0.3) is 11.8 Å². The second-order valence-electron chi connectivity index (χ2n) is 8.42. The maximum Gasteiger partial charge on any atom is 0.407 e. The molecule has 35 heavy (non-hydrogen) atoms. The van der Waals surface area contributed by atoms with Gasteiger partial charge in [0.15, 0.2) is 0 Å². The third-order valence-corrected chi connectivity index (χ3v) is 5.86. The summed E-state index contributed by atoms with van der Waals surface area (Å²) in [6, 6.07) is 24.2. The van der Waals surface area contributed by atoms with Crippen molar-refractivity contribution in [3.05, 3.63) is 107 Å². The van der Waals surface area contributed by atoms with Gasteiger partial charge in [-0.05, 0) is 54.3 Å². The topological polar surface area (TPSA) is 87.7 Å². The number of benzene rings is 3. The fourth-order valence-electron chi connectivity index (χ4n) is 3.91. The van der Waals surface area contributed by atoms with E-state index in [-0.39, 0.29) is 18.4 Å². The van der Waals surface area contributed by atoms with Crippen LogP contribution in [0.3, 0.4) is 0 Å². The summed E-state index contributed by atoms with van der Waals surface area (Å²) in [6.07, 6.45) is 1.34.